The number of carbonyl (C=O) groups excluding carboxylic acids is 1. The number of hydrogen-bond acceptors (Lipinski definition) is 4. The molecule has 1 heterocycles. The first-order valence-corrected chi connectivity index (χ1v) is 10.2. The minimum absolute atomic E-state index is 0.105. The highest BCUT2D eigenvalue weighted by atomic mass is 16.5. The molecule has 0 radical (unpaired) electrons. The van der Waals surface area contributed by atoms with Crippen molar-refractivity contribution in [3.05, 3.63) is 59.9 Å². The molecule has 0 bridgehead atoms. The van der Waals surface area contributed by atoms with Gasteiger partial charge in [0.1, 0.15) is 5.75 Å². The maximum Gasteiger partial charge on any atom is 0.234 e. The average Bonchev–Trinajstić information content (AvgIpc) is 2.74. The molecular formula is C23H31N3O2. The summed E-state index contributed by atoms with van der Waals surface area (Å²) in [6, 6.07) is 12.0. The molecular weight excluding hydrogens is 350 g/mol. The summed E-state index contributed by atoms with van der Waals surface area (Å²) in [7, 11) is 1.67. The van der Waals surface area contributed by atoms with Gasteiger partial charge in [0.2, 0.25) is 5.91 Å². The molecule has 0 saturated heterocycles. The maximum absolute atomic E-state index is 12.6. The van der Waals surface area contributed by atoms with E-state index in [1.807, 2.05) is 24.3 Å². The van der Waals surface area contributed by atoms with Crippen LogP contribution < -0.4 is 10.1 Å². The molecule has 5 nitrogen and oxygen atoms in total. The van der Waals surface area contributed by atoms with Crippen LogP contribution >= 0.6 is 0 Å². The van der Waals surface area contributed by atoms with Crippen LogP contribution in [0.1, 0.15) is 43.2 Å². The van der Waals surface area contributed by atoms with Gasteiger partial charge in [0.15, 0.2) is 0 Å². The van der Waals surface area contributed by atoms with E-state index in [4.69, 9.17) is 4.74 Å². The lowest BCUT2D eigenvalue weighted by molar-refractivity contribution is -0.122. The zero-order valence-corrected chi connectivity index (χ0v) is 16.8. The monoisotopic (exact) mass is 381 g/mol. The average molecular weight is 382 g/mol. The number of pyridine rings is 1. The Morgan fingerprint density at radius 2 is 1.68 bits per heavy atom. The van der Waals surface area contributed by atoms with Crippen LogP contribution in [0, 0.1) is 5.92 Å². The molecule has 28 heavy (non-hydrogen) atoms. The van der Waals surface area contributed by atoms with E-state index in [-0.39, 0.29) is 5.91 Å². The smallest absolute Gasteiger partial charge is 0.234 e. The molecule has 1 N–H and O–H groups in total. The molecule has 0 spiro atoms. The lowest BCUT2D eigenvalue weighted by Gasteiger charge is -2.24. The zero-order valence-electron chi connectivity index (χ0n) is 16.8. The number of benzene rings is 1. The Morgan fingerprint density at radius 3 is 2.32 bits per heavy atom. The lowest BCUT2D eigenvalue weighted by atomic mass is 9.89. The van der Waals surface area contributed by atoms with Crippen LogP contribution in [0.4, 0.5) is 0 Å². The van der Waals surface area contributed by atoms with Crippen molar-refractivity contribution < 1.29 is 9.53 Å². The summed E-state index contributed by atoms with van der Waals surface area (Å²) in [6.45, 7) is 2.63. The predicted molar refractivity (Wildman–Crippen MR) is 111 cm³/mol. The standard InChI is InChI=1S/C23H31N3O2/c1-28-22-9-7-20(8-10-22)16-26(17-21-11-13-24-14-12-21)18-23(27)25-15-19-5-3-2-4-6-19/h7-14,19H,2-6,15-18H2,1H3,(H,25,27). The van der Waals surface area contributed by atoms with Gasteiger partial charge < -0.3 is 10.1 Å². The van der Waals surface area contributed by atoms with E-state index < -0.39 is 0 Å². The number of carbonyl (C=O) groups is 1. The number of amides is 1. The Labute approximate surface area is 168 Å². The number of nitrogens with one attached hydrogen (secondary N) is 1. The van der Waals surface area contributed by atoms with Gasteiger partial charge in [0, 0.05) is 32.0 Å². The Balaban J connectivity index is 1.58. The van der Waals surface area contributed by atoms with Gasteiger partial charge in [0.05, 0.1) is 13.7 Å². The second-order valence-corrected chi connectivity index (χ2v) is 7.66. The van der Waals surface area contributed by atoms with Gasteiger partial charge in [-0.25, -0.2) is 0 Å². The van der Waals surface area contributed by atoms with Gasteiger partial charge in [-0.15, -0.1) is 0 Å². The number of methoxy groups -OCH3 is 1. The predicted octanol–water partition coefficient (Wildman–Crippen LogP) is 3.79. The van der Waals surface area contributed by atoms with Gasteiger partial charge >= 0.3 is 0 Å². The molecule has 150 valence electrons. The minimum Gasteiger partial charge on any atom is -0.497 e. The number of hydrogen-bond donors (Lipinski definition) is 1. The molecule has 1 aromatic heterocycles. The highest BCUT2D eigenvalue weighted by molar-refractivity contribution is 5.78. The van der Waals surface area contributed by atoms with Crippen LogP contribution in [0.25, 0.3) is 0 Å². The van der Waals surface area contributed by atoms with Gasteiger partial charge in [-0.05, 0) is 54.2 Å². The number of aromatic nitrogens is 1. The summed E-state index contributed by atoms with van der Waals surface area (Å²) in [5.41, 5.74) is 2.32. The van der Waals surface area contributed by atoms with Crippen molar-refractivity contribution in [1.29, 1.82) is 0 Å². The molecule has 0 aliphatic heterocycles. The number of rotatable bonds is 9. The molecule has 1 fully saturated rings. The van der Waals surface area contributed by atoms with E-state index in [0.29, 0.717) is 25.6 Å². The van der Waals surface area contributed by atoms with Gasteiger partial charge in [0.25, 0.3) is 0 Å². The van der Waals surface area contributed by atoms with Crippen molar-refractivity contribution in [1.82, 2.24) is 15.2 Å². The summed E-state index contributed by atoms with van der Waals surface area (Å²) >= 11 is 0. The van der Waals surface area contributed by atoms with Gasteiger partial charge in [-0.1, -0.05) is 31.4 Å². The normalized spacial score (nSPS) is 14.8. The Bertz CT molecular complexity index is 712. The van der Waals surface area contributed by atoms with E-state index in [9.17, 15) is 4.79 Å². The van der Waals surface area contributed by atoms with Crippen molar-refractivity contribution in [2.45, 2.75) is 45.2 Å². The Kier molecular flexibility index (Phi) is 7.85. The molecule has 3 rings (SSSR count). The molecule has 5 heteroatoms. The van der Waals surface area contributed by atoms with Crippen molar-refractivity contribution in [2.24, 2.45) is 5.92 Å². The Hall–Kier alpha value is -2.40. The summed E-state index contributed by atoms with van der Waals surface area (Å²) in [5.74, 6) is 1.59. The topological polar surface area (TPSA) is 54.5 Å². The highest BCUT2D eigenvalue weighted by Crippen LogP contribution is 2.22. The fourth-order valence-electron chi connectivity index (χ4n) is 3.81. The van der Waals surface area contributed by atoms with E-state index >= 15 is 0 Å². The fourth-order valence-corrected chi connectivity index (χ4v) is 3.81. The van der Waals surface area contributed by atoms with E-state index in [1.54, 1.807) is 19.5 Å². The summed E-state index contributed by atoms with van der Waals surface area (Å²) in [6.07, 6.45) is 10.0. The molecule has 1 amide bonds. The molecule has 1 aromatic carbocycles. The van der Waals surface area contributed by atoms with Crippen LogP contribution in [0.15, 0.2) is 48.8 Å². The number of ether oxygens (including phenoxy) is 1. The lowest BCUT2D eigenvalue weighted by Crippen LogP contribution is -2.39. The highest BCUT2D eigenvalue weighted by Gasteiger charge is 2.16. The number of nitrogens with zero attached hydrogens (tertiary/aromatic N) is 2. The van der Waals surface area contributed by atoms with Crippen molar-refractivity contribution in [2.75, 3.05) is 20.2 Å². The second-order valence-electron chi connectivity index (χ2n) is 7.66. The fraction of sp³-hybridized carbons (Fsp3) is 0.478. The van der Waals surface area contributed by atoms with E-state index in [2.05, 4.69) is 27.3 Å². The zero-order chi connectivity index (χ0) is 19.6. The van der Waals surface area contributed by atoms with Crippen molar-refractivity contribution in [3.8, 4) is 5.75 Å². The third-order valence-electron chi connectivity index (χ3n) is 5.40. The second kappa shape index (κ2) is 10.8. The first kappa shape index (κ1) is 20.3. The molecule has 1 aliphatic carbocycles. The van der Waals surface area contributed by atoms with Gasteiger partial charge in [-0.2, -0.15) is 0 Å². The van der Waals surface area contributed by atoms with Crippen molar-refractivity contribution >= 4 is 5.91 Å². The van der Waals surface area contributed by atoms with Crippen LogP contribution in [0.5, 0.6) is 5.75 Å². The van der Waals surface area contributed by atoms with Crippen LogP contribution in [-0.2, 0) is 17.9 Å². The van der Waals surface area contributed by atoms with Crippen molar-refractivity contribution in [3.63, 3.8) is 0 Å². The molecule has 0 atom stereocenters. The quantitative estimate of drug-likeness (QED) is 0.718. The van der Waals surface area contributed by atoms with E-state index in [1.165, 1.54) is 32.1 Å². The first-order chi connectivity index (χ1) is 13.7. The minimum atomic E-state index is 0.105. The molecule has 0 unspecified atom stereocenters. The largest absolute Gasteiger partial charge is 0.497 e. The van der Waals surface area contributed by atoms with Gasteiger partial charge in [-0.3, -0.25) is 14.7 Å². The SMILES string of the molecule is COc1ccc(CN(CC(=O)NCC2CCCCC2)Cc2ccncc2)cc1. The third-order valence-corrected chi connectivity index (χ3v) is 5.40. The summed E-state index contributed by atoms with van der Waals surface area (Å²) < 4.78 is 5.24. The summed E-state index contributed by atoms with van der Waals surface area (Å²) in [5, 5.41) is 3.16. The van der Waals surface area contributed by atoms with Crippen LogP contribution in [0.2, 0.25) is 0 Å². The molecule has 1 aliphatic rings. The molecule has 1 saturated carbocycles. The Morgan fingerprint density at radius 1 is 1.04 bits per heavy atom. The summed E-state index contributed by atoms with van der Waals surface area (Å²) in [4.78, 5) is 18.9. The molecule has 2 aromatic rings. The van der Waals surface area contributed by atoms with Crippen LogP contribution in [-0.4, -0.2) is 36.0 Å². The third kappa shape index (κ3) is 6.64. The van der Waals surface area contributed by atoms with Crippen LogP contribution in [0.3, 0.4) is 0 Å². The maximum atomic E-state index is 12.6. The van der Waals surface area contributed by atoms with E-state index in [0.717, 1.165) is 23.4 Å². The first-order valence-electron chi connectivity index (χ1n) is 10.2.